The van der Waals surface area contributed by atoms with E-state index in [1.165, 1.54) is 37.0 Å². The first-order chi connectivity index (χ1) is 8.42. The first-order valence-corrected chi connectivity index (χ1v) is 6.84. The maximum Gasteiger partial charge on any atom is 0.126 e. The van der Waals surface area contributed by atoms with E-state index in [9.17, 15) is 0 Å². The smallest absolute Gasteiger partial charge is 0.126 e. The molecule has 0 aliphatic heterocycles. The van der Waals surface area contributed by atoms with E-state index >= 15 is 0 Å². The van der Waals surface area contributed by atoms with Crippen molar-refractivity contribution >= 4 is 5.76 Å². The zero-order chi connectivity index (χ0) is 11.7. The molecule has 0 bridgehead atoms. The van der Waals surface area contributed by atoms with Gasteiger partial charge in [0, 0.05) is 5.56 Å². The van der Waals surface area contributed by atoms with Crippen LogP contribution in [0.15, 0.2) is 35.9 Å². The van der Waals surface area contributed by atoms with Gasteiger partial charge in [0.2, 0.25) is 0 Å². The first kappa shape index (κ1) is 10.9. The van der Waals surface area contributed by atoms with Crippen molar-refractivity contribution in [2.45, 2.75) is 32.6 Å². The van der Waals surface area contributed by atoms with Crippen molar-refractivity contribution in [1.29, 1.82) is 0 Å². The Hall–Kier alpha value is -1.24. The Bertz CT molecular complexity index is 404. The van der Waals surface area contributed by atoms with Crippen molar-refractivity contribution in [3.05, 3.63) is 41.5 Å². The van der Waals surface area contributed by atoms with Gasteiger partial charge >= 0.3 is 0 Å². The molecule has 0 heterocycles. The number of hydrogen-bond acceptors (Lipinski definition) is 1. The van der Waals surface area contributed by atoms with Gasteiger partial charge in [-0.05, 0) is 37.2 Å². The Morgan fingerprint density at radius 2 is 1.76 bits per heavy atom. The van der Waals surface area contributed by atoms with Gasteiger partial charge in [-0.2, -0.15) is 0 Å². The number of rotatable bonds is 3. The lowest BCUT2D eigenvalue weighted by molar-refractivity contribution is 0.296. The second kappa shape index (κ2) is 4.56. The normalized spacial score (nSPS) is 26.3. The lowest BCUT2D eigenvalue weighted by Crippen LogP contribution is -1.92. The molecule has 0 spiro atoms. The Kier molecular flexibility index (Phi) is 2.92. The van der Waals surface area contributed by atoms with Gasteiger partial charge in [0.15, 0.2) is 0 Å². The van der Waals surface area contributed by atoms with Gasteiger partial charge in [0.05, 0.1) is 6.61 Å². The summed E-state index contributed by atoms with van der Waals surface area (Å²) in [6.45, 7) is 2.85. The molecule has 0 amide bonds. The Morgan fingerprint density at radius 3 is 2.35 bits per heavy atom. The molecular formula is C16H20O. The molecule has 1 heteroatoms. The Labute approximate surface area is 103 Å². The molecule has 2 saturated carbocycles. The Morgan fingerprint density at radius 1 is 1.12 bits per heavy atom. The van der Waals surface area contributed by atoms with Crippen LogP contribution in [0.4, 0.5) is 0 Å². The maximum absolute atomic E-state index is 5.92. The molecule has 1 aromatic carbocycles. The molecule has 1 nitrogen and oxygen atoms in total. The van der Waals surface area contributed by atoms with Gasteiger partial charge in [-0.1, -0.05) is 43.2 Å². The first-order valence-electron chi connectivity index (χ1n) is 6.84. The predicted molar refractivity (Wildman–Crippen MR) is 70.4 cm³/mol. The molecule has 0 radical (unpaired) electrons. The molecule has 1 aromatic rings. The van der Waals surface area contributed by atoms with Crippen molar-refractivity contribution in [1.82, 2.24) is 0 Å². The van der Waals surface area contributed by atoms with Crippen molar-refractivity contribution < 1.29 is 4.74 Å². The molecular weight excluding hydrogens is 208 g/mol. The van der Waals surface area contributed by atoms with Gasteiger partial charge in [0.25, 0.3) is 0 Å². The van der Waals surface area contributed by atoms with Crippen LogP contribution in [-0.2, 0) is 4.74 Å². The van der Waals surface area contributed by atoms with Crippen molar-refractivity contribution in [2.24, 2.45) is 11.8 Å². The fourth-order valence-electron chi connectivity index (χ4n) is 3.22. The molecule has 2 aliphatic rings. The lowest BCUT2D eigenvalue weighted by Gasteiger charge is -2.08. The van der Waals surface area contributed by atoms with E-state index in [1.807, 2.05) is 0 Å². The van der Waals surface area contributed by atoms with Crippen LogP contribution in [0.2, 0.25) is 0 Å². The minimum absolute atomic E-state index is 0.771. The molecule has 2 aliphatic carbocycles. The highest BCUT2D eigenvalue weighted by molar-refractivity contribution is 5.68. The number of ether oxygens (including phenoxy) is 1. The van der Waals surface area contributed by atoms with Crippen LogP contribution < -0.4 is 0 Å². The number of hydrogen-bond donors (Lipinski definition) is 0. The molecule has 2 unspecified atom stereocenters. The van der Waals surface area contributed by atoms with Gasteiger partial charge < -0.3 is 4.74 Å². The van der Waals surface area contributed by atoms with Gasteiger partial charge in [0.1, 0.15) is 5.76 Å². The van der Waals surface area contributed by atoms with E-state index in [0.717, 1.165) is 18.4 Å². The average Bonchev–Trinajstić information content (AvgIpc) is 3.11. The summed E-state index contributed by atoms with van der Waals surface area (Å²) >= 11 is 0. The minimum Gasteiger partial charge on any atom is -0.493 e. The zero-order valence-electron chi connectivity index (χ0n) is 10.5. The largest absolute Gasteiger partial charge is 0.493 e. The van der Waals surface area contributed by atoms with Crippen molar-refractivity contribution in [2.75, 3.05) is 6.61 Å². The van der Waals surface area contributed by atoms with E-state index in [1.54, 1.807) is 5.57 Å². The van der Waals surface area contributed by atoms with Crippen LogP contribution in [0.3, 0.4) is 0 Å². The summed E-state index contributed by atoms with van der Waals surface area (Å²) in [5.74, 6) is 2.86. The molecule has 17 heavy (non-hydrogen) atoms. The van der Waals surface area contributed by atoms with E-state index in [4.69, 9.17) is 4.74 Å². The third-order valence-corrected chi connectivity index (χ3v) is 4.04. The van der Waals surface area contributed by atoms with Crippen molar-refractivity contribution in [3.63, 3.8) is 0 Å². The summed E-state index contributed by atoms with van der Waals surface area (Å²) in [4.78, 5) is 0. The lowest BCUT2D eigenvalue weighted by atomic mass is 10.0. The molecule has 2 atom stereocenters. The maximum atomic E-state index is 5.92. The van der Waals surface area contributed by atoms with E-state index in [0.29, 0.717) is 0 Å². The number of benzene rings is 1. The fourth-order valence-corrected chi connectivity index (χ4v) is 3.22. The molecule has 0 aromatic heterocycles. The molecule has 0 N–H and O–H groups in total. The topological polar surface area (TPSA) is 9.23 Å². The zero-order valence-corrected chi connectivity index (χ0v) is 10.5. The Balaban J connectivity index is 1.93. The monoisotopic (exact) mass is 228 g/mol. The highest BCUT2D eigenvalue weighted by Gasteiger charge is 2.47. The highest BCUT2D eigenvalue weighted by atomic mass is 16.5. The second-order valence-corrected chi connectivity index (χ2v) is 5.08. The van der Waals surface area contributed by atoms with Crippen LogP contribution in [0.25, 0.3) is 5.76 Å². The van der Waals surface area contributed by atoms with Crippen LogP contribution >= 0.6 is 0 Å². The van der Waals surface area contributed by atoms with Gasteiger partial charge in [-0.25, -0.2) is 0 Å². The summed E-state index contributed by atoms with van der Waals surface area (Å²) in [6.07, 6.45) is 5.56. The van der Waals surface area contributed by atoms with Gasteiger partial charge in [-0.15, -0.1) is 0 Å². The van der Waals surface area contributed by atoms with E-state index in [-0.39, 0.29) is 0 Å². The molecule has 3 rings (SSSR count). The van der Waals surface area contributed by atoms with E-state index < -0.39 is 0 Å². The predicted octanol–water partition coefficient (Wildman–Crippen LogP) is 4.25. The number of allylic oxidation sites excluding steroid dienone is 1. The summed E-state index contributed by atoms with van der Waals surface area (Å²) in [6, 6.07) is 10.6. The average molecular weight is 228 g/mol. The highest BCUT2D eigenvalue weighted by Crippen LogP contribution is 2.57. The molecule has 0 saturated heterocycles. The van der Waals surface area contributed by atoms with Crippen LogP contribution in [0.5, 0.6) is 0 Å². The van der Waals surface area contributed by atoms with Crippen LogP contribution in [0.1, 0.15) is 38.2 Å². The summed E-state index contributed by atoms with van der Waals surface area (Å²) in [5, 5.41) is 0. The van der Waals surface area contributed by atoms with Crippen LogP contribution in [0, 0.1) is 11.8 Å². The van der Waals surface area contributed by atoms with Crippen molar-refractivity contribution in [3.8, 4) is 0 Å². The molecule has 90 valence electrons. The van der Waals surface area contributed by atoms with Gasteiger partial charge in [-0.3, -0.25) is 0 Å². The standard InChI is InChI=1S/C16H20O/c1-2-17-16(12-8-4-3-5-9-12)15-13-10-6-7-11-14(13)15/h3-5,8-9,13-14H,2,6-7,10-11H2,1H3. The second-order valence-electron chi connectivity index (χ2n) is 5.08. The fraction of sp³-hybridized carbons (Fsp3) is 0.500. The van der Waals surface area contributed by atoms with E-state index in [2.05, 4.69) is 37.3 Å². The third-order valence-electron chi connectivity index (χ3n) is 4.04. The number of fused-ring (bicyclic) bond motifs is 1. The summed E-state index contributed by atoms with van der Waals surface area (Å²) in [7, 11) is 0. The summed E-state index contributed by atoms with van der Waals surface area (Å²) in [5.41, 5.74) is 2.87. The third kappa shape index (κ3) is 1.99. The SMILES string of the molecule is CCOC(=C1C2CCCCC12)c1ccccc1. The van der Waals surface area contributed by atoms with Crippen LogP contribution in [-0.4, -0.2) is 6.61 Å². The summed E-state index contributed by atoms with van der Waals surface area (Å²) < 4.78 is 5.92. The quantitative estimate of drug-likeness (QED) is 0.703. The molecule has 2 fully saturated rings. The minimum atomic E-state index is 0.771.